The second-order valence-electron chi connectivity index (χ2n) is 8.39. The van der Waals surface area contributed by atoms with E-state index in [1.165, 1.54) is 44.9 Å². The maximum atomic E-state index is 10.1. The van der Waals surface area contributed by atoms with E-state index in [2.05, 4.69) is 27.7 Å². The number of aliphatic hydroxyl groups excluding tert-OH is 1. The van der Waals surface area contributed by atoms with E-state index in [0.29, 0.717) is 11.8 Å². The fourth-order valence-corrected chi connectivity index (χ4v) is 4.39. The highest BCUT2D eigenvalue weighted by atomic mass is 16.4. The molecule has 2 aliphatic carbocycles. The zero-order chi connectivity index (χ0) is 17.5. The van der Waals surface area contributed by atoms with Crippen LogP contribution in [0.5, 0.6) is 0 Å². The molecule has 0 aromatic rings. The van der Waals surface area contributed by atoms with Gasteiger partial charge in [-0.25, -0.2) is 0 Å². The second kappa shape index (κ2) is 9.05. The topological polar surface area (TPSA) is 57.5 Å². The summed E-state index contributed by atoms with van der Waals surface area (Å²) in [6.07, 6.45) is 12.2. The molecule has 2 bridgehead atoms. The zero-order valence-corrected chi connectivity index (χ0v) is 15.7. The van der Waals surface area contributed by atoms with Crippen LogP contribution in [-0.4, -0.2) is 22.3 Å². The van der Waals surface area contributed by atoms with Gasteiger partial charge in [-0.05, 0) is 42.4 Å². The third kappa shape index (κ3) is 5.20. The highest BCUT2D eigenvalue weighted by molar-refractivity contribution is 5.66. The predicted octanol–water partition coefficient (Wildman–Crippen LogP) is 5.41. The van der Waals surface area contributed by atoms with Gasteiger partial charge < -0.3 is 10.2 Å². The first kappa shape index (κ1) is 20.5. The van der Waals surface area contributed by atoms with Gasteiger partial charge in [0.15, 0.2) is 0 Å². The predicted molar refractivity (Wildman–Crippen MR) is 95.5 cm³/mol. The van der Waals surface area contributed by atoms with Crippen LogP contribution in [0.2, 0.25) is 0 Å². The number of aliphatic hydroxyl groups is 1. The molecule has 0 aromatic carbocycles. The lowest BCUT2D eigenvalue weighted by Gasteiger charge is -2.36. The molecule has 3 heteroatoms. The van der Waals surface area contributed by atoms with E-state index < -0.39 is 5.97 Å². The lowest BCUT2D eigenvalue weighted by Crippen LogP contribution is -2.35. The van der Waals surface area contributed by atoms with Crippen molar-refractivity contribution in [1.82, 2.24) is 0 Å². The van der Waals surface area contributed by atoms with E-state index in [9.17, 15) is 9.90 Å². The molecule has 0 aromatic heterocycles. The molecule has 2 rings (SSSR count). The van der Waals surface area contributed by atoms with Crippen LogP contribution in [0.3, 0.4) is 0 Å². The monoisotopic (exact) mass is 326 g/mol. The van der Waals surface area contributed by atoms with Crippen molar-refractivity contribution in [2.45, 2.75) is 104 Å². The number of hydrogen-bond donors (Lipinski definition) is 2. The van der Waals surface area contributed by atoms with E-state index in [1.54, 1.807) is 0 Å². The Bertz CT molecular complexity index is 364. The van der Waals surface area contributed by atoms with Gasteiger partial charge in [-0.15, -0.1) is 0 Å². The minimum atomic E-state index is -0.663. The first-order valence-corrected chi connectivity index (χ1v) is 9.65. The van der Waals surface area contributed by atoms with Crippen LogP contribution in [-0.2, 0) is 4.79 Å². The minimum absolute atomic E-state index is 0.0313. The Morgan fingerprint density at radius 3 is 1.96 bits per heavy atom. The van der Waals surface area contributed by atoms with Gasteiger partial charge in [-0.1, -0.05) is 66.2 Å². The maximum Gasteiger partial charge on any atom is 0.303 e. The summed E-state index contributed by atoms with van der Waals surface area (Å²) in [5, 5.41) is 18.2. The van der Waals surface area contributed by atoms with Crippen molar-refractivity contribution in [2.24, 2.45) is 16.7 Å². The molecule has 2 fully saturated rings. The molecule has 3 atom stereocenters. The van der Waals surface area contributed by atoms with Crippen molar-refractivity contribution in [1.29, 1.82) is 0 Å². The van der Waals surface area contributed by atoms with E-state index in [1.807, 2.05) is 0 Å². The molecule has 0 heterocycles. The molecular weight excluding hydrogens is 288 g/mol. The SMILES string of the molecule is CC1(C)C2CCC1(C)C(O)C2.CCCCCCCCCC(=O)O. The van der Waals surface area contributed by atoms with Crippen molar-refractivity contribution in [2.75, 3.05) is 0 Å². The summed E-state index contributed by atoms with van der Waals surface area (Å²) >= 11 is 0. The lowest BCUT2D eigenvalue weighted by atomic mass is 9.70. The summed E-state index contributed by atoms with van der Waals surface area (Å²) in [6, 6.07) is 0. The van der Waals surface area contributed by atoms with Gasteiger partial charge in [0.25, 0.3) is 0 Å². The quantitative estimate of drug-likeness (QED) is 0.587. The number of carboxylic acids is 1. The summed E-state index contributed by atoms with van der Waals surface area (Å²) in [6.45, 7) is 9.09. The molecule has 136 valence electrons. The summed E-state index contributed by atoms with van der Waals surface area (Å²) in [4.78, 5) is 10.1. The third-order valence-electron chi connectivity index (χ3n) is 6.74. The summed E-state index contributed by atoms with van der Waals surface area (Å²) in [5.74, 6) is 0.117. The second-order valence-corrected chi connectivity index (χ2v) is 8.39. The molecule has 0 spiro atoms. The minimum Gasteiger partial charge on any atom is -0.481 e. The van der Waals surface area contributed by atoms with Gasteiger partial charge in [0, 0.05) is 6.42 Å². The van der Waals surface area contributed by atoms with Gasteiger partial charge in [0.2, 0.25) is 0 Å². The molecule has 3 nitrogen and oxygen atoms in total. The highest BCUT2D eigenvalue weighted by Crippen LogP contribution is 2.65. The molecular formula is C20H38O3. The van der Waals surface area contributed by atoms with Crippen LogP contribution in [0.4, 0.5) is 0 Å². The number of aliphatic carboxylic acids is 1. The van der Waals surface area contributed by atoms with Crippen LogP contribution < -0.4 is 0 Å². The highest BCUT2D eigenvalue weighted by Gasteiger charge is 2.60. The molecule has 0 radical (unpaired) electrons. The number of carbonyl (C=O) groups is 1. The molecule has 0 aliphatic heterocycles. The van der Waals surface area contributed by atoms with Gasteiger partial charge in [0.1, 0.15) is 0 Å². The van der Waals surface area contributed by atoms with E-state index in [-0.39, 0.29) is 11.5 Å². The number of hydrogen-bond acceptors (Lipinski definition) is 2. The Hall–Kier alpha value is -0.570. The molecule has 0 amide bonds. The number of unbranched alkanes of at least 4 members (excludes halogenated alkanes) is 6. The van der Waals surface area contributed by atoms with Gasteiger partial charge in [-0.3, -0.25) is 4.79 Å². The van der Waals surface area contributed by atoms with Crippen molar-refractivity contribution in [3.05, 3.63) is 0 Å². The van der Waals surface area contributed by atoms with Gasteiger partial charge >= 0.3 is 5.97 Å². The summed E-state index contributed by atoms with van der Waals surface area (Å²) < 4.78 is 0. The largest absolute Gasteiger partial charge is 0.481 e. The maximum absolute atomic E-state index is 10.1. The molecule has 2 N–H and O–H groups in total. The van der Waals surface area contributed by atoms with Crippen LogP contribution >= 0.6 is 0 Å². The van der Waals surface area contributed by atoms with E-state index >= 15 is 0 Å². The standard InChI is InChI=1S/C10H20O2.C10H18O/c1-2-3-4-5-6-7-8-9-10(11)12;1-9(2)7-4-5-10(9,3)8(11)6-7/h2-9H2,1H3,(H,11,12);7-8,11H,4-6H2,1-3H3. The van der Waals surface area contributed by atoms with Gasteiger partial charge in [0.05, 0.1) is 6.10 Å². The van der Waals surface area contributed by atoms with Crippen LogP contribution in [0.25, 0.3) is 0 Å². The average Bonchev–Trinajstić information content (AvgIpc) is 2.80. The Morgan fingerprint density at radius 1 is 1.04 bits per heavy atom. The Kier molecular flexibility index (Phi) is 8.06. The third-order valence-corrected chi connectivity index (χ3v) is 6.74. The fraction of sp³-hybridized carbons (Fsp3) is 0.950. The van der Waals surface area contributed by atoms with Crippen LogP contribution in [0.1, 0.15) is 98.3 Å². The smallest absolute Gasteiger partial charge is 0.303 e. The summed E-state index contributed by atoms with van der Waals surface area (Å²) in [7, 11) is 0. The van der Waals surface area contributed by atoms with Crippen molar-refractivity contribution >= 4 is 5.97 Å². The number of rotatable bonds is 8. The molecule has 23 heavy (non-hydrogen) atoms. The molecule has 3 unspecified atom stereocenters. The Balaban J connectivity index is 0.000000230. The molecule has 0 saturated heterocycles. The van der Waals surface area contributed by atoms with Crippen molar-refractivity contribution < 1.29 is 15.0 Å². The zero-order valence-electron chi connectivity index (χ0n) is 15.7. The number of carboxylic acid groups (broad SMARTS) is 1. The Morgan fingerprint density at radius 2 is 1.61 bits per heavy atom. The van der Waals surface area contributed by atoms with Gasteiger partial charge in [-0.2, -0.15) is 0 Å². The first-order valence-electron chi connectivity index (χ1n) is 9.65. The van der Waals surface area contributed by atoms with Crippen molar-refractivity contribution in [3.63, 3.8) is 0 Å². The average molecular weight is 327 g/mol. The van der Waals surface area contributed by atoms with Crippen LogP contribution in [0, 0.1) is 16.7 Å². The Labute approximate surface area is 142 Å². The normalized spacial score (nSPS) is 30.8. The lowest BCUT2D eigenvalue weighted by molar-refractivity contribution is -0.137. The molecule has 2 aliphatic rings. The first-order chi connectivity index (χ1) is 10.8. The fourth-order valence-electron chi connectivity index (χ4n) is 4.39. The van der Waals surface area contributed by atoms with E-state index in [4.69, 9.17) is 5.11 Å². The van der Waals surface area contributed by atoms with Crippen LogP contribution in [0.15, 0.2) is 0 Å². The number of fused-ring (bicyclic) bond motifs is 2. The van der Waals surface area contributed by atoms with Crippen molar-refractivity contribution in [3.8, 4) is 0 Å². The summed E-state index contributed by atoms with van der Waals surface area (Å²) in [5.41, 5.74) is 0.601. The molecule has 2 saturated carbocycles. The van der Waals surface area contributed by atoms with E-state index in [0.717, 1.165) is 25.2 Å².